The second kappa shape index (κ2) is 4.80. The van der Waals surface area contributed by atoms with Gasteiger partial charge in [0.1, 0.15) is 5.75 Å². The maximum atomic E-state index is 6.03. The average Bonchev–Trinajstić information content (AvgIpc) is 2.40. The van der Waals surface area contributed by atoms with Crippen molar-refractivity contribution in [3.8, 4) is 11.6 Å². The van der Waals surface area contributed by atoms with E-state index >= 15 is 0 Å². The number of rotatable bonds is 1. The molecule has 0 unspecified atom stereocenters. The lowest BCUT2D eigenvalue weighted by Crippen LogP contribution is -2.34. The van der Waals surface area contributed by atoms with Crippen LogP contribution in [0.5, 0.6) is 11.6 Å². The summed E-state index contributed by atoms with van der Waals surface area (Å²) in [6.45, 7) is 3.73. The van der Waals surface area contributed by atoms with Crippen LogP contribution in [0.1, 0.15) is 19.4 Å². The van der Waals surface area contributed by atoms with E-state index in [-0.39, 0.29) is 0 Å². The Balaban J connectivity index is 2.03. The van der Waals surface area contributed by atoms with Crippen molar-refractivity contribution in [2.45, 2.75) is 19.6 Å². The first-order chi connectivity index (χ1) is 9.53. The van der Waals surface area contributed by atoms with Crippen molar-refractivity contribution in [3.63, 3.8) is 0 Å². The van der Waals surface area contributed by atoms with Gasteiger partial charge in [0.25, 0.3) is 0 Å². The molecule has 1 aromatic heterocycles. The van der Waals surface area contributed by atoms with Crippen LogP contribution in [-0.2, 0) is 0 Å². The first-order valence-electron chi connectivity index (χ1n) is 6.21. The Morgan fingerprint density at radius 2 is 2.05 bits per heavy atom. The maximum Gasteiger partial charge on any atom is 0.231 e. The Morgan fingerprint density at radius 1 is 1.20 bits per heavy atom. The molecule has 3 rings (SSSR count). The van der Waals surface area contributed by atoms with Crippen molar-refractivity contribution in [1.82, 2.24) is 4.98 Å². The molecule has 1 aliphatic heterocycles. The largest absolute Gasteiger partial charge is 0.466 e. The summed E-state index contributed by atoms with van der Waals surface area (Å²) in [7, 11) is 0. The van der Waals surface area contributed by atoms with Gasteiger partial charge in [0.15, 0.2) is 5.72 Å². The minimum absolute atomic E-state index is 0.456. The monoisotopic (exact) mass is 288 g/mol. The maximum absolute atomic E-state index is 6.03. The van der Waals surface area contributed by atoms with Gasteiger partial charge in [-0.25, -0.2) is 9.98 Å². The highest BCUT2D eigenvalue weighted by molar-refractivity contribution is 6.31. The summed E-state index contributed by atoms with van der Waals surface area (Å²) in [6.07, 6.45) is 1.67. The molecule has 0 atom stereocenters. The molecule has 102 valence electrons. The van der Waals surface area contributed by atoms with Gasteiger partial charge in [-0.1, -0.05) is 17.7 Å². The van der Waals surface area contributed by atoms with Crippen LogP contribution in [0.4, 0.5) is 0 Å². The Morgan fingerprint density at radius 3 is 2.80 bits per heavy atom. The number of nitrogens with zero attached hydrogens (tertiary/aromatic N) is 2. The molecule has 0 saturated heterocycles. The summed E-state index contributed by atoms with van der Waals surface area (Å²) >= 11 is 6.03. The van der Waals surface area contributed by atoms with E-state index in [2.05, 4.69) is 9.98 Å². The van der Waals surface area contributed by atoms with Crippen molar-refractivity contribution in [3.05, 3.63) is 53.2 Å². The average molecular weight is 289 g/mol. The number of aromatic nitrogens is 1. The van der Waals surface area contributed by atoms with Crippen LogP contribution >= 0.6 is 11.6 Å². The first kappa shape index (κ1) is 12.9. The number of ether oxygens (including phenoxy) is 2. The summed E-state index contributed by atoms with van der Waals surface area (Å²) in [5, 5.41) is 0.601. The molecule has 4 nitrogen and oxygen atoms in total. The summed E-state index contributed by atoms with van der Waals surface area (Å²) in [4.78, 5) is 8.60. The fourth-order valence-electron chi connectivity index (χ4n) is 1.94. The van der Waals surface area contributed by atoms with Crippen LogP contribution in [0.25, 0.3) is 0 Å². The van der Waals surface area contributed by atoms with Gasteiger partial charge in [0, 0.05) is 17.3 Å². The zero-order chi connectivity index (χ0) is 14.2. The van der Waals surface area contributed by atoms with Crippen LogP contribution in [0.15, 0.2) is 47.6 Å². The highest BCUT2D eigenvalue weighted by Crippen LogP contribution is 2.32. The van der Waals surface area contributed by atoms with Crippen molar-refractivity contribution < 1.29 is 9.47 Å². The predicted octanol–water partition coefficient (Wildman–Crippen LogP) is 3.69. The van der Waals surface area contributed by atoms with Gasteiger partial charge in [-0.15, -0.1) is 0 Å². The van der Waals surface area contributed by atoms with Crippen LogP contribution in [0.3, 0.4) is 0 Å². The highest BCUT2D eigenvalue weighted by Gasteiger charge is 2.29. The Hall–Kier alpha value is -2.07. The SMILES string of the molecule is CC1(C)N=C(Oc2ccccn2)c2cc(Cl)ccc2O1. The van der Waals surface area contributed by atoms with E-state index < -0.39 is 5.72 Å². The first-order valence-corrected chi connectivity index (χ1v) is 6.59. The summed E-state index contributed by atoms with van der Waals surface area (Å²) in [5.41, 5.74) is 0.0350. The topological polar surface area (TPSA) is 43.7 Å². The lowest BCUT2D eigenvalue weighted by atomic mass is 10.1. The summed E-state index contributed by atoms with van der Waals surface area (Å²) in [5.74, 6) is 1.63. The van der Waals surface area contributed by atoms with E-state index in [9.17, 15) is 0 Å². The zero-order valence-corrected chi connectivity index (χ0v) is 11.9. The molecule has 0 amide bonds. The van der Waals surface area contributed by atoms with Crippen LogP contribution in [-0.4, -0.2) is 16.6 Å². The molecule has 0 spiro atoms. The predicted molar refractivity (Wildman–Crippen MR) is 77.6 cm³/mol. The quantitative estimate of drug-likeness (QED) is 0.804. The van der Waals surface area contributed by atoms with E-state index in [0.29, 0.717) is 22.5 Å². The Bertz CT molecular complexity index is 669. The van der Waals surface area contributed by atoms with Crippen molar-refractivity contribution in [1.29, 1.82) is 0 Å². The van der Waals surface area contributed by atoms with E-state index in [0.717, 1.165) is 5.56 Å². The van der Waals surface area contributed by atoms with Crippen molar-refractivity contribution >= 4 is 17.5 Å². The second-order valence-corrected chi connectivity index (χ2v) is 5.31. The molecular formula is C15H13ClN2O2. The standard InChI is InChI=1S/C15H13ClN2O2/c1-15(2)18-14(19-13-5-3-4-8-17-13)11-9-10(16)6-7-12(11)20-15/h3-9H,1-2H3. The van der Waals surface area contributed by atoms with Gasteiger partial charge in [-0.2, -0.15) is 0 Å². The van der Waals surface area contributed by atoms with Gasteiger partial charge >= 0.3 is 0 Å². The minimum Gasteiger partial charge on any atom is -0.466 e. The lowest BCUT2D eigenvalue weighted by molar-refractivity contribution is 0.112. The second-order valence-electron chi connectivity index (χ2n) is 4.88. The fourth-order valence-corrected chi connectivity index (χ4v) is 2.11. The summed E-state index contributed by atoms with van der Waals surface area (Å²) in [6, 6.07) is 10.8. The van der Waals surface area contributed by atoms with Gasteiger partial charge in [0.05, 0.1) is 5.56 Å². The number of hydrogen-bond donors (Lipinski definition) is 0. The fraction of sp³-hybridized carbons (Fsp3) is 0.200. The molecule has 5 heteroatoms. The molecule has 1 aliphatic rings. The lowest BCUT2D eigenvalue weighted by Gasteiger charge is -2.29. The van der Waals surface area contributed by atoms with Crippen LogP contribution < -0.4 is 9.47 Å². The number of halogens is 1. The number of benzene rings is 1. The molecule has 0 N–H and O–H groups in total. The van der Waals surface area contributed by atoms with Crippen molar-refractivity contribution in [2.75, 3.05) is 0 Å². The molecule has 0 bridgehead atoms. The molecule has 0 radical (unpaired) electrons. The molecule has 2 aromatic rings. The van der Waals surface area contributed by atoms with Crippen molar-refractivity contribution in [2.24, 2.45) is 4.99 Å². The van der Waals surface area contributed by atoms with E-state index in [1.54, 1.807) is 24.4 Å². The number of fused-ring (bicyclic) bond motifs is 1. The molecule has 2 heterocycles. The van der Waals surface area contributed by atoms with E-state index in [1.807, 2.05) is 32.0 Å². The molecule has 20 heavy (non-hydrogen) atoms. The Kier molecular flexibility index (Phi) is 3.10. The molecule has 0 fully saturated rings. The smallest absolute Gasteiger partial charge is 0.231 e. The van der Waals surface area contributed by atoms with Gasteiger partial charge in [0.2, 0.25) is 11.8 Å². The van der Waals surface area contributed by atoms with E-state index in [1.165, 1.54) is 0 Å². The summed E-state index contributed by atoms with van der Waals surface area (Å²) < 4.78 is 11.6. The minimum atomic E-state index is -0.690. The van der Waals surface area contributed by atoms with Gasteiger partial charge in [-0.05, 0) is 38.1 Å². The van der Waals surface area contributed by atoms with Gasteiger partial charge < -0.3 is 9.47 Å². The third-order valence-corrected chi connectivity index (χ3v) is 2.98. The third-order valence-electron chi connectivity index (χ3n) is 2.74. The number of aliphatic imine (C=N–C) groups is 1. The normalized spacial score (nSPS) is 15.8. The molecular weight excluding hydrogens is 276 g/mol. The number of pyridine rings is 1. The van der Waals surface area contributed by atoms with Crippen LogP contribution in [0, 0.1) is 0 Å². The number of hydrogen-bond acceptors (Lipinski definition) is 4. The highest BCUT2D eigenvalue weighted by atomic mass is 35.5. The molecule has 0 aliphatic carbocycles. The van der Waals surface area contributed by atoms with E-state index in [4.69, 9.17) is 21.1 Å². The zero-order valence-electron chi connectivity index (χ0n) is 11.1. The Labute approximate surface area is 122 Å². The van der Waals surface area contributed by atoms with Crippen LogP contribution in [0.2, 0.25) is 5.02 Å². The van der Waals surface area contributed by atoms with Gasteiger partial charge in [-0.3, -0.25) is 0 Å². The third kappa shape index (κ3) is 2.60. The molecule has 0 saturated carbocycles. The molecule has 1 aromatic carbocycles.